The fraction of sp³-hybridized carbons (Fsp3) is 0.346. The number of halogens is 1. The third-order valence-corrected chi connectivity index (χ3v) is 7.46. The molecule has 4 rings (SSSR count). The summed E-state index contributed by atoms with van der Waals surface area (Å²) in [5.41, 5.74) is -0.672. The van der Waals surface area contributed by atoms with E-state index >= 15 is 0 Å². The lowest BCUT2D eigenvalue weighted by Gasteiger charge is -2.20. The van der Waals surface area contributed by atoms with Gasteiger partial charge in [-0.25, -0.2) is 9.37 Å². The molecule has 0 radical (unpaired) electrons. The normalized spacial score (nSPS) is 17.3. The maximum Gasteiger partial charge on any atom is 0.339 e. The topological polar surface area (TPSA) is 129 Å². The molecule has 2 aromatic carbocycles. The van der Waals surface area contributed by atoms with Crippen LogP contribution in [-0.2, 0) is 27.9 Å². The van der Waals surface area contributed by atoms with Crippen molar-refractivity contribution in [2.45, 2.75) is 49.9 Å². The molecule has 2 heterocycles. The highest BCUT2D eigenvalue weighted by Crippen LogP contribution is 2.27. The Kier molecular flexibility index (Phi) is 8.55. The zero-order chi connectivity index (χ0) is 27.3. The first-order chi connectivity index (χ1) is 18.2. The molecule has 1 aliphatic rings. The molecule has 1 aliphatic heterocycles. The molecule has 1 amide bonds. The van der Waals surface area contributed by atoms with Gasteiger partial charge in [-0.05, 0) is 49.2 Å². The second-order valence-corrected chi connectivity index (χ2v) is 10.3. The van der Waals surface area contributed by atoms with Gasteiger partial charge in [0.25, 0.3) is 11.5 Å². The Morgan fingerprint density at radius 2 is 1.84 bits per heavy atom. The molecule has 12 heteroatoms. The van der Waals surface area contributed by atoms with Crippen LogP contribution in [0.2, 0.25) is 0 Å². The molecular formula is C26H29FN4O6S. The van der Waals surface area contributed by atoms with Crippen molar-refractivity contribution in [3.05, 3.63) is 87.9 Å². The van der Waals surface area contributed by atoms with Crippen molar-refractivity contribution in [3.8, 4) is 5.75 Å². The fourth-order valence-corrected chi connectivity index (χ4v) is 5.20. The minimum absolute atomic E-state index is 0.00747. The molecule has 38 heavy (non-hydrogen) atoms. The number of hydrogen-bond acceptors (Lipinski definition) is 8. The molecule has 10 nitrogen and oxygen atoms in total. The Morgan fingerprint density at radius 1 is 1.13 bits per heavy atom. The van der Waals surface area contributed by atoms with Crippen molar-refractivity contribution in [2.75, 3.05) is 13.7 Å². The van der Waals surface area contributed by atoms with Crippen LogP contribution in [-0.4, -0.2) is 43.6 Å². The van der Waals surface area contributed by atoms with Crippen LogP contribution in [0.5, 0.6) is 5.75 Å². The molecular weight excluding hydrogens is 515 g/mol. The molecule has 0 bridgehead atoms. The average molecular weight is 545 g/mol. The van der Waals surface area contributed by atoms with E-state index < -0.39 is 38.8 Å². The lowest BCUT2D eigenvalue weighted by Crippen LogP contribution is -2.37. The summed E-state index contributed by atoms with van der Waals surface area (Å²) in [6.07, 6.45) is 0.869. The number of hydrogen-bond donors (Lipinski definition) is 2. The molecule has 1 unspecified atom stereocenters. The van der Waals surface area contributed by atoms with Gasteiger partial charge in [0.15, 0.2) is 5.69 Å². The number of ether oxygens (including phenoxy) is 1. The van der Waals surface area contributed by atoms with Crippen LogP contribution in [0.1, 0.15) is 47.7 Å². The van der Waals surface area contributed by atoms with Crippen LogP contribution in [0.3, 0.4) is 0 Å². The van der Waals surface area contributed by atoms with Gasteiger partial charge < -0.3 is 19.6 Å². The molecule has 0 aliphatic carbocycles. The van der Waals surface area contributed by atoms with Crippen molar-refractivity contribution in [2.24, 2.45) is 0 Å². The van der Waals surface area contributed by atoms with E-state index in [0.717, 1.165) is 0 Å². The quantitative estimate of drug-likeness (QED) is 0.394. The highest BCUT2D eigenvalue weighted by molar-refractivity contribution is 7.87. The van der Waals surface area contributed by atoms with E-state index in [0.29, 0.717) is 24.9 Å². The Hall–Kier alpha value is -3.61. The summed E-state index contributed by atoms with van der Waals surface area (Å²) in [5.74, 6) is -1.66. The van der Waals surface area contributed by atoms with Crippen molar-refractivity contribution >= 4 is 16.0 Å². The van der Waals surface area contributed by atoms with Crippen molar-refractivity contribution in [1.29, 1.82) is 0 Å². The van der Waals surface area contributed by atoms with E-state index in [1.165, 1.54) is 60.2 Å². The third-order valence-electron chi connectivity index (χ3n) is 6.22. The maximum absolute atomic E-state index is 13.8. The number of carbonyl (C=O) groups is 1. The van der Waals surface area contributed by atoms with E-state index in [1.54, 1.807) is 6.07 Å². The first-order valence-corrected chi connectivity index (χ1v) is 13.6. The number of nitrogens with one attached hydrogen (secondary N) is 2. The van der Waals surface area contributed by atoms with E-state index in [2.05, 4.69) is 15.6 Å². The summed E-state index contributed by atoms with van der Waals surface area (Å²) in [7, 11) is -2.93. The highest BCUT2D eigenvalue weighted by atomic mass is 32.2. The minimum Gasteiger partial charge on any atom is -0.380 e. The molecule has 2 atom stereocenters. The molecule has 0 saturated heterocycles. The van der Waals surface area contributed by atoms with Gasteiger partial charge in [-0.15, -0.1) is 0 Å². The first-order valence-electron chi connectivity index (χ1n) is 12.2. The van der Waals surface area contributed by atoms with Crippen molar-refractivity contribution in [1.82, 2.24) is 20.2 Å². The zero-order valence-corrected chi connectivity index (χ0v) is 21.8. The smallest absolute Gasteiger partial charge is 0.339 e. The van der Waals surface area contributed by atoms with Gasteiger partial charge in [0.1, 0.15) is 16.5 Å². The van der Waals surface area contributed by atoms with Gasteiger partial charge >= 0.3 is 10.1 Å². The Labute approximate surface area is 219 Å². The second-order valence-electron chi connectivity index (χ2n) is 8.77. The lowest BCUT2D eigenvalue weighted by molar-refractivity contribution is 0.0808. The van der Waals surface area contributed by atoms with Crippen LogP contribution < -0.4 is 20.4 Å². The van der Waals surface area contributed by atoms with Gasteiger partial charge in [0.05, 0.1) is 18.7 Å². The monoisotopic (exact) mass is 544 g/mol. The molecule has 0 spiro atoms. The van der Waals surface area contributed by atoms with Crippen molar-refractivity contribution in [3.63, 3.8) is 0 Å². The second kappa shape index (κ2) is 11.8. The number of fused-ring (bicyclic) bond motifs is 1. The van der Waals surface area contributed by atoms with E-state index in [4.69, 9.17) is 8.92 Å². The third kappa shape index (κ3) is 6.09. The van der Waals surface area contributed by atoms with Crippen LogP contribution >= 0.6 is 0 Å². The highest BCUT2D eigenvalue weighted by Gasteiger charge is 2.33. The number of methoxy groups -OCH3 is 1. The summed E-state index contributed by atoms with van der Waals surface area (Å²) >= 11 is 0. The standard InChI is InChI=1S/C26H29FN4O6S/c1-3-28-21-14-13-19(36-2)16-31-24(21)30-22(25(32)29-15-17-9-11-18(27)12-10-17)23(26(31)33)37-38(34,35)20-7-5-4-6-8-20/h4-12,19,21,28H,3,13-16H2,1-2H3,(H,29,32)/t19-,21?/m0/s1. The maximum atomic E-state index is 13.8. The molecule has 1 aromatic heterocycles. The predicted molar refractivity (Wildman–Crippen MR) is 137 cm³/mol. The number of nitrogens with zero attached hydrogens (tertiary/aromatic N) is 2. The van der Waals surface area contributed by atoms with Gasteiger partial charge in [-0.3, -0.25) is 14.2 Å². The SMILES string of the molecule is CCNC1CC[C@H](OC)Cn2c1nc(C(=O)NCc1ccc(F)cc1)c(OS(=O)(=O)c1ccccc1)c2=O. The van der Waals surface area contributed by atoms with E-state index in [-0.39, 0.29) is 36.0 Å². The summed E-state index contributed by atoms with van der Waals surface area (Å²) in [5, 5.41) is 5.90. The van der Waals surface area contributed by atoms with Crippen molar-refractivity contribution < 1.29 is 26.5 Å². The predicted octanol–water partition coefficient (Wildman–Crippen LogP) is 2.54. The zero-order valence-electron chi connectivity index (χ0n) is 21.0. The fourth-order valence-electron chi connectivity index (χ4n) is 4.25. The Morgan fingerprint density at radius 3 is 2.50 bits per heavy atom. The van der Waals surface area contributed by atoms with Gasteiger partial charge in [0.2, 0.25) is 5.75 Å². The summed E-state index contributed by atoms with van der Waals surface area (Å²) in [4.78, 5) is 31.4. The summed E-state index contributed by atoms with van der Waals surface area (Å²) in [6, 6.07) is 12.4. The molecule has 3 aromatic rings. The van der Waals surface area contributed by atoms with E-state index in [1.807, 2.05) is 6.92 Å². The van der Waals surface area contributed by atoms with Crippen LogP contribution in [0.25, 0.3) is 0 Å². The van der Waals surface area contributed by atoms with Crippen LogP contribution in [0.4, 0.5) is 4.39 Å². The van der Waals surface area contributed by atoms with Crippen LogP contribution in [0.15, 0.2) is 64.3 Å². The number of carbonyl (C=O) groups excluding carboxylic acids is 1. The van der Waals surface area contributed by atoms with Gasteiger partial charge in [-0.1, -0.05) is 37.3 Å². The molecule has 2 N–H and O–H groups in total. The van der Waals surface area contributed by atoms with Gasteiger partial charge in [-0.2, -0.15) is 8.42 Å². The number of amides is 1. The average Bonchev–Trinajstić information content (AvgIpc) is 3.09. The molecule has 0 saturated carbocycles. The minimum atomic E-state index is -4.46. The molecule has 0 fully saturated rings. The lowest BCUT2D eigenvalue weighted by atomic mass is 10.1. The largest absolute Gasteiger partial charge is 0.380 e. The number of aromatic nitrogens is 2. The van der Waals surface area contributed by atoms with E-state index in [9.17, 15) is 22.4 Å². The number of benzene rings is 2. The number of rotatable bonds is 9. The first kappa shape index (κ1) is 27.4. The van der Waals surface area contributed by atoms with Gasteiger partial charge in [0, 0.05) is 13.7 Å². The Balaban J connectivity index is 1.81. The Bertz CT molecular complexity index is 1450. The summed E-state index contributed by atoms with van der Waals surface area (Å²) < 4.78 is 51.5. The van der Waals surface area contributed by atoms with Crippen LogP contribution in [0, 0.1) is 5.82 Å². The molecule has 202 valence electrons. The summed E-state index contributed by atoms with van der Waals surface area (Å²) in [6.45, 7) is 2.58.